The molecule has 0 bridgehead atoms. The van der Waals surface area contributed by atoms with E-state index in [4.69, 9.17) is 18.4 Å². The summed E-state index contributed by atoms with van der Waals surface area (Å²) in [7, 11) is 6.17. The van der Waals surface area contributed by atoms with Crippen LogP contribution in [0.4, 0.5) is 0 Å². The Balaban J connectivity index is 0. The van der Waals surface area contributed by atoms with Gasteiger partial charge in [-0.1, -0.05) is 6.08 Å². The maximum absolute atomic E-state index is 6.17. The van der Waals surface area contributed by atoms with Crippen molar-refractivity contribution in [1.82, 2.24) is 0 Å². The van der Waals surface area contributed by atoms with Gasteiger partial charge in [0.2, 0.25) is 0 Å². The Kier molecular flexibility index (Phi) is 16.5. The van der Waals surface area contributed by atoms with Crippen LogP contribution in [-0.4, -0.2) is 43.7 Å². The Morgan fingerprint density at radius 3 is 2.06 bits per heavy atom. The van der Waals surface area contributed by atoms with Gasteiger partial charge in [-0.3, -0.25) is 0 Å². The molecule has 0 atom stereocenters. The van der Waals surface area contributed by atoms with Gasteiger partial charge in [0.05, 0.1) is 6.61 Å². The van der Waals surface area contributed by atoms with Gasteiger partial charge in [0.1, 0.15) is 0 Å². The third-order valence-electron chi connectivity index (χ3n) is 1.70. The number of hydrogen-bond acceptors (Lipinski definition) is 2. The van der Waals surface area contributed by atoms with Crippen LogP contribution < -0.4 is 0 Å². The van der Waals surface area contributed by atoms with Crippen LogP contribution in [0.25, 0.3) is 0 Å². The second-order valence-corrected chi connectivity index (χ2v) is 22.1. The minimum absolute atomic E-state index is 0.677. The molecule has 16 heavy (non-hydrogen) atoms. The molecule has 0 spiro atoms. The quantitative estimate of drug-likeness (QED) is 0.370. The van der Waals surface area contributed by atoms with Gasteiger partial charge < -0.3 is 4.74 Å². The van der Waals surface area contributed by atoms with Crippen LogP contribution in [0.3, 0.4) is 0 Å². The third kappa shape index (κ3) is 24.1. The monoisotopic (exact) mass is 358 g/mol. The van der Waals surface area contributed by atoms with Crippen LogP contribution in [0.5, 0.6) is 0 Å². The summed E-state index contributed by atoms with van der Waals surface area (Å²) in [6.07, 6.45) is 2.89. The molecule has 0 aliphatic heterocycles. The van der Waals surface area contributed by atoms with Gasteiger partial charge in [-0.2, -0.15) is 0 Å². The van der Waals surface area contributed by atoms with Gasteiger partial charge in [-0.15, -0.1) is 6.58 Å². The van der Waals surface area contributed by atoms with Crippen LogP contribution in [0.1, 0.15) is 20.3 Å². The second-order valence-electron chi connectivity index (χ2n) is 3.97. The fourth-order valence-electron chi connectivity index (χ4n) is 0.940. The van der Waals surface area contributed by atoms with Crippen molar-refractivity contribution in [3.8, 4) is 0 Å². The van der Waals surface area contributed by atoms with Crippen LogP contribution in [0, 0.1) is 0 Å². The van der Waals surface area contributed by atoms with Gasteiger partial charge >= 0.3 is 71.8 Å². The average Bonchev–Trinajstić information content (AvgIpc) is 2.21. The maximum atomic E-state index is 6.17. The fourth-order valence-corrected chi connectivity index (χ4v) is 4.65. The first-order valence-electron chi connectivity index (χ1n) is 5.93. The Bertz CT molecular complexity index is 146. The van der Waals surface area contributed by atoms with Gasteiger partial charge in [-0.05, 0) is 6.92 Å². The van der Waals surface area contributed by atoms with Crippen LogP contribution in [-0.2, 0) is 9.47 Å². The molecule has 0 aliphatic carbocycles. The van der Waals surface area contributed by atoms with Crippen LogP contribution in [0.15, 0.2) is 12.7 Å². The Morgan fingerprint density at radius 1 is 1.19 bits per heavy atom. The molecule has 0 aromatic rings. The summed E-state index contributed by atoms with van der Waals surface area (Å²) in [5.41, 5.74) is 0. The summed E-state index contributed by atoms with van der Waals surface area (Å²) in [5, 5.41) is 0. The van der Waals surface area contributed by atoms with E-state index in [0.29, 0.717) is 6.61 Å². The van der Waals surface area contributed by atoms with Crippen molar-refractivity contribution < 1.29 is 9.47 Å². The molecule has 4 heteroatoms. The van der Waals surface area contributed by atoms with Crippen LogP contribution >= 0.6 is 8.92 Å². The minimum atomic E-state index is -1.96. The van der Waals surface area contributed by atoms with Crippen molar-refractivity contribution in [3.05, 3.63) is 12.7 Å². The number of rotatable bonds is 8. The summed E-state index contributed by atoms with van der Waals surface area (Å²) in [6, 6.07) is 0. The van der Waals surface area contributed by atoms with Gasteiger partial charge in [0.15, 0.2) is 0 Å². The van der Waals surface area contributed by atoms with Gasteiger partial charge in [0, 0.05) is 6.61 Å². The molecule has 0 unspecified atom stereocenters. The van der Waals surface area contributed by atoms with E-state index in [-0.39, 0.29) is 0 Å². The summed E-state index contributed by atoms with van der Waals surface area (Å²) >= 11 is -1.96. The van der Waals surface area contributed by atoms with Gasteiger partial charge in [0.25, 0.3) is 0 Å². The molecular formula is C12H27ClO2Sn. The topological polar surface area (TPSA) is 18.5 Å². The van der Waals surface area contributed by atoms with E-state index in [9.17, 15) is 0 Å². The third-order valence-corrected chi connectivity index (χ3v) is 7.37. The zero-order valence-corrected chi connectivity index (χ0v) is 14.8. The van der Waals surface area contributed by atoms with E-state index in [1.165, 1.54) is 4.44 Å². The second kappa shape index (κ2) is 13.8. The molecule has 0 fully saturated rings. The van der Waals surface area contributed by atoms with Crippen molar-refractivity contribution >= 4 is 26.2 Å². The van der Waals surface area contributed by atoms with E-state index >= 15 is 0 Å². The molecule has 0 aromatic heterocycles. The molecule has 0 aliphatic rings. The Labute approximate surface area is 109 Å². The number of halogens is 1. The molecule has 0 N–H and O–H groups in total. The predicted octanol–water partition coefficient (Wildman–Crippen LogP) is 4.07. The molecule has 0 aromatic carbocycles. The normalized spacial score (nSPS) is 10.6. The molecule has 0 saturated heterocycles. The molecule has 0 heterocycles. The van der Waals surface area contributed by atoms with E-state index in [1.807, 2.05) is 13.8 Å². The fraction of sp³-hybridized carbons (Fsp3) is 0.833. The molecule has 0 saturated carbocycles. The van der Waals surface area contributed by atoms with Crippen LogP contribution in [0.2, 0.25) is 14.3 Å². The molecule has 98 valence electrons. The standard InChI is InChI=1S/C5H11O.C5H10O.2CH3.ClH.Sn/c2*1-3-5-6-4-2;;;;/h1,3-5H2,2H3;3H,1,4-5H2,2H3;2*1H3;1H;/q;;;;;+1/p-1. The molecule has 0 amide bonds. The SMILES string of the molecule is C=CCOCC.CCOCC[CH2][Sn]([CH3])([CH3])[Cl]. The van der Waals surface area contributed by atoms with E-state index < -0.39 is 17.3 Å². The van der Waals surface area contributed by atoms with Crippen molar-refractivity contribution in [3.63, 3.8) is 0 Å². The molecule has 2 nitrogen and oxygen atoms in total. The molecule has 0 rings (SSSR count). The Morgan fingerprint density at radius 2 is 1.75 bits per heavy atom. The van der Waals surface area contributed by atoms with Crippen molar-refractivity contribution in [2.75, 3.05) is 26.4 Å². The van der Waals surface area contributed by atoms with Crippen molar-refractivity contribution in [2.24, 2.45) is 0 Å². The molecule has 0 radical (unpaired) electrons. The van der Waals surface area contributed by atoms with Crippen molar-refractivity contribution in [2.45, 2.75) is 34.6 Å². The first-order valence-corrected chi connectivity index (χ1v) is 17.3. The Hall–Kier alpha value is 0.749. The van der Waals surface area contributed by atoms with Crippen molar-refractivity contribution in [1.29, 1.82) is 0 Å². The summed E-state index contributed by atoms with van der Waals surface area (Å²) in [6.45, 7) is 10.6. The van der Waals surface area contributed by atoms with Gasteiger partial charge in [-0.25, -0.2) is 0 Å². The predicted molar refractivity (Wildman–Crippen MR) is 75.9 cm³/mol. The first kappa shape index (κ1) is 19.1. The number of ether oxygens (including phenoxy) is 2. The summed E-state index contributed by atoms with van der Waals surface area (Å²) < 4.78 is 11.3. The molecular weight excluding hydrogens is 330 g/mol. The first-order chi connectivity index (χ1) is 7.47. The average molecular weight is 358 g/mol. The zero-order chi connectivity index (χ0) is 12.9. The van der Waals surface area contributed by atoms with E-state index in [2.05, 4.69) is 16.5 Å². The summed E-state index contributed by atoms with van der Waals surface area (Å²) in [4.78, 5) is 4.48. The summed E-state index contributed by atoms with van der Waals surface area (Å²) in [5.74, 6) is 0. The zero-order valence-electron chi connectivity index (χ0n) is 11.2. The van der Waals surface area contributed by atoms with E-state index in [0.717, 1.165) is 26.2 Å². The number of hydrogen-bond donors (Lipinski definition) is 0. The van der Waals surface area contributed by atoms with E-state index in [1.54, 1.807) is 6.08 Å².